The molecule has 6 nitrogen and oxygen atoms in total. The van der Waals surface area contributed by atoms with E-state index in [1.165, 1.54) is 6.08 Å². The third kappa shape index (κ3) is 3.07. The summed E-state index contributed by atoms with van der Waals surface area (Å²) < 4.78 is 25.7. The molecule has 0 atom stereocenters. The molecule has 3 aromatic rings. The van der Waals surface area contributed by atoms with Crippen molar-refractivity contribution in [3.05, 3.63) is 59.7 Å². The van der Waals surface area contributed by atoms with Gasteiger partial charge in [0.2, 0.25) is 0 Å². The molecular weight excluding hydrogens is 348 g/mol. The van der Waals surface area contributed by atoms with E-state index in [1.807, 2.05) is 36.4 Å². The molecule has 26 heavy (non-hydrogen) atoms. The molecule has 0 aliphatic rings. The highest BCUT2D eigenvalue weighted by atomic mass is 32.2. The number of sulfone groups is 1. The van der Waals surface area contributed by atoms with Crippen molar-refractivity contribution in [2.45, 2.75) is 24.0 Å². The van der Waals surface area contributed by atoms with Gasteiger partial charge in [-0.1, -0.05) is 30.3 Å². The van der Waals surface area contributed by atoms with Crippen molar-refractivity contribution in [1.29, 1.82) is 5.26 Å². The fourth-order valence-corrected chi connectivity index (χ4v) is 3.97. The van der Waals surface area contributed by atoms with Crippen LogP contribution >= 0.6 is 0 Å². The Hall–Kier alpha value is -3.11. The molecule has 0 radical (unpaired) electrons. The molecule has 1 heterocycles. The molecular formula is C19H18N4O2S. The molecule has 132 valence electrons. The number of aromatic amines is 1. The second kappa shape index (κ2) is 6.65. The fourth-order valence-electron chi connectivity index (χ4n) is 2.75. The summed E-state index contributed by atoms with van der Waals surface area (Å²) in [5, 5.41) is 8.60. The summed E-state index contributed by atoms with van der Waals surface area (Å²) in [6.07, 6.45) is 1.40. The number of nitrogens with two attached hydrogens (primary N) is 1. The van der Waals surface area contributed by atoms with Crippen LogP contribution in [0.1, 0.15) is 25.0 Å². The van der Waals surface area contributed by atoms with Crippen LogP contribution in [0.4, 0.5) is 5.95 Å². The van der Waals surface area contributed by atoms with Crippen LogP contribution in [-0.2, 0) is 9.84 Å². The number of aromatic nitrogens is 2. The number of nitrogen functional groups attached to an aromatic ring is 1. The van der Waals surface area contributed by atoms with Gasteiger partial charge in [-0.2, -0.15) is 5.26 Å². The molecule has 0 saturated carbocycles. The Morgan fingerprint density at radius 1 is 1.23 bits per heavy atom. The molecule has 2 aromatic carbocycles. The molecule has 0 amide bonds. The first-order chi connectivity index (χ1) is 12.3. The van der Waals surface area contributed by atoms with Crippen LogP contribution in [0.2, 0.25) is 0 Å². The van der Waals surface area contributed by atoms with Crippen LogP contribution < -0.4 is 5.73 Å². The first-order valence-corrected chi connectivity index (χ1v) is 9.58. The van der Waals surface area contributed by atoms with Gasteiger partial charge >= 0.3 is 0 Å². The van der Waals surface area contributed by atoms with Crippen LogP contribution in [0.3, 0.4) is 0 Å². The monoisotopic (exact) mass is 366 g/mol. The minimum absolute atomic E-state index is 0.104. The Bertz CT molecular complexity index is 1140. The van der Waals surface area contributed by atoms with E-state index in [4.69, 9.17) is 5.73 Å². The van der Waals surface area contributed by atoms with Gasteiger partial charge in [-0.25, -0.2) is 13.4 Å². The summed E-state index contributed by atoms with van der Waals surface area (Å²) in [6.45, 7) is 3.24. The van der Waals surface area contributed by atoms with Crippen LogP contribution in [-0.4, -0.2) is 23.6 Å². The van der Waals surface area contributed by atoms with E-state index < -0.39 is 15.1 Å². The number of nitrogens with one attached hydrogen (secondary N) is 1. The average molecular weight is 366 g/mol. The minimum Gasteiger partial charge on any atom is -0.369 e. The van der Waals surface area contributed by atoms with E-state index in [2.05, 4.69) is 9.97 Å². The minimum atomic E-state index is -3.59. The van der Waals surface area contributed by atoms with Gasteiger partial charge < -0.3 is 10.7 Å². The molecule has 0 saturated heterocycles. The third-order valence-electron chi connectivity index (χ3n) is 4.10. The molecule has 7 heteroatoms. The molecule has 0 spiro atoms. The average Bonchev–Trinajstić information content (AvgIpc) is 2.99. The second-order valence-corrected chi connectivity index (χ2v) is 8.61. The Balaban J connectivity index is 2.34. The highest BCUT2D eigenvalue weighted by molar-refractivity contribution is 7.92. The summed E-state index contributed by atoms with van der Waals surface area (Å²) >= 11 is 0. The van der Waals surface area contributed by atoms with Gasteiger partial charge in [0.05, 0.1) is 21.7 Å². The molecule has 3 rings (SSSR count). The zero-order chi connectivity index (χ0) is 18.9. The van der Waals surface area contributed by atoms with Crippen LogP contribution in [0.5, 0.6) is 0 Å². The van der Waals surface area contributed by atoms with E-state index in [0.717, 1.165) is 5.56 Å². The summed E-state index contributed by atoms with van der Waals surface area (Å²) in [5.74, 6) is 0.142. The van der Waals surface area contributed by atoms with Gasteiger partial charge in [0.25, 0.3) is 0 Å². The molecule has 0 aliphatic heterocycles. The van der Waals surface area contributed by atoms with E-state index in [-0.39, 0.29) is 10.8 Å². The van der Waals surface area contributed by atoms with Crippen molar-refractivity contribution in [1.82, 2.24) is 9.97 Å². The lowest BCUT2D eigenvalue weighted by Gasteiger charge is -2.12. The number of allylic oxidation sites excluding steroid dienone is 1. The highest BCUT2D eigenvalue weighted by Crippen LogP contribution is 2.32. The number of rotatable bonds is 4. The fraction of sp³-hybridized carbons (Fsp3) is 0.158. The normalized spacial score (nSPS) is 12.5. The van der Waals surface area contributed by atoms with E-state index in [9.17, 15) is 13.7 Å². The van der Waals surface area contributed by atoms with Crippen molar-refractivity contribution in [2.24, 2.45) is 0 Å². The number of hydrogen-bond donors (Lipinski definition) is 2. The second-order valence-electron chi connectivity index (χ2n) is 6.14. The maximum absolute atomic E-state index is 12.8. The van der Waals surface area contributed by atoms with Gasteiger partial charge in [-0.05, 0) is 42.7 Å². The van der Waals surface area contributed by atoms with Gasteiger partial charge in [0.15, 0.2) is 15.8 Å². The van der Waals surface area contributed by atoms with Crippen molar-refractivity contribution < 1.29 is 8.42 Å². The summed E-state index contributed by atoms with van der Waals surface area (Å²) in [4.78, 5) is 7.13. The molecule has 1 aromatic heterocycles. The van der Waals surface area contributed by atoms with Crippen molar-refractivity contribution in [2.75, 3.05) is 5.73 Å². The Morgan fingerprint density at radius 2 is 1.92 bits per heavy atom. The molecule has 3 N–H and O–H groups in total. The van der Waals surface area contributed by atoms with Crippen molar-refractivity contribution in [3.8, 4) is 6.07 Å². The van der Waals surface area contributed by atoms with Crippen molar-refractivity contribution >= 4 is 32.4 Å². The summed E-state index contributed by atoms with van der Waals surface area (Å²) in [7, 11) is -3.59. The van der Waals surface area contributed by atoms with Gasteiger partial charge in [-0.3, -0.25) is 0 Å². The Kier molecular flexibility index (Phi) is 4.53. The molecule has 0 bridgehead atoms. The van der Waals surface area contributed by atoms with Gasteiger partial charge in [0.1, 0.15) is 5.52 Å². The van der Waals surface area contributed by atoms with E-state index >= 15 is 0 Å². The topological polar surface area (TPSA) is 113 Å². The number of benzene rings is 2. The van der Waals surface area contributed by atoms with E-state index in [1.54, 1.807) is 26.0 Å². The SMILES string of the molecule is CC(C)S(=O)(=O)c1cc(C(=CC#N)c2ccccc2)cc2[nH]c(N)nc12. The number of hydrogen-bond acceptors (Lipinski definition) is 5. The zero-order valence-corrected chi connectivity index (χ0v) is 15.2. The molecule has 0 fully saturated rings. The maximum Gasteiger partial charge on any atom is 0.198 e. The van der Waals surface area contributed by atoms with Gasteiger partial charge in [0, 0.05) is 6.08 Å². The highest BCUT2D eigenvalue weighted by Gasteiger charge is 2.25. The van der Waals surface area contributed by atoms with E-state index in [0.29, 0.717) is 22.2 Å². The standard InChI is InChI=1S/C19H18N4O2S/c1-12(2)26(24,25)17-11-14(10-16-18(17)23-19(21)22-16)15(8-9-20)13-6-4-3-5-7-13/h3-8,10-12H,1-2H3,(H3,21,22,23). The summed E-state index contributed by atoms with van der Waals surface area (Å²) in [5.41, 5.74) is 8.62. The predicted octanol–water partition coefficient (Wildman–Crippen LogP) is 3.28. The lowest BCUT2D eigenvalue weighted by atomic mass is 9.97. The first-order valence-electron chi connectivity index (χ1n) is 8.03. The first kappa shape index (κ1) is 17.7. The Morgan fingerprint density at radius 3 is 2.54 bits per heavy atom. The van der Waals surface area contributed by atoms with Crippen LogP contribution in [0.25, 0.3) is 16.6 Å². The Labute approximate surface area is 151 Å². The predicted molar refractivity (Wildman–Crippen MR) is 102 cm³/mol. The third-order valence-corrected chi connectivity index (χ3v) is 6.27. The smallest absolute Gasteiger partial charge is 0.198 e. The number of H-pyrrole nitrogens is 1. The quantitative estimate of drug-likeness (QED) is 0.688. The summed E-state index contributed by atoms with van der Waals surface area (Å²) in [6, 6.07) is 14.7. The number of anilines is 1. The van der Waals surface area contributed by atoms with Crippen molar-refractivity contribution in [3.63, 3.8) is 0 Å². The largest absolute Gasteiger partial charge is 0.369 e. The zero-order valence-electron chi connectivity index (χ0n) is 14.4. The van der Waals surface area contributed by atoms with Crippen LogP contribution in [0.15, 0.2) is 53.4 Å². The number of imidazole rings is 1. The van der Waals surface area contributed by atoms with Crippen LogP contribution in [0, 0.1) is 11.3 Å². The number of nitrogens with zero attached hydrogens (tertiary/aromatic N) is 2. The number of nitriles is 1. The lowest BCUT2D eigenvalue weighted by Crippen LogP contribution is -2.15. The number of fused-ring (bicyclic) bond motifs is 1. The maximum atomic E-state index is 12.8. The molecule has 0 aliphatic carbocycles. The molecule has 0 unspecified atom stereocenters. The van der Waals surface area contributed by atoms with Gasteiger partial charge in [-0.15, -0.1) is 0 Å². The lowest BCUT2D eigenvalue weighted by molar-refractivity contribution is 0.588.